The standard InChI is InChI=1S/C27H22N4O5/c1-2-3-13-36-20-11-8-18-15-31(24(33)22(18)14-20)16-27(25(34)29-26(35)30-27)19-9-6-17(7-10-19)21-5-4-12-28-23(21)32/h4-12,14-15,33H,13,16H2,1H3,(H,28,32)(H2,29,30,34,35)/t27-/m0/s1. The van der Waals surface area contributed by atoms with Gasteiger partial charge in [0.25, 0.3) is 11.5 Å². The molecule has 0 saturated carbocycles. The zero-order valence-corrected chi connectivity index (χ0v) is 19.3. The first-order valence-corrected chi connectivity index (χ1v) is 11.2. The maximum Gasteiger partial charge on any atom is 0.322 e. The molecule has 9 heteroatoms. The van der Waals surface area contributed by atoms with Crippen LogP contribution in [0.15, 0.2) is 71.8 Å². The summed E-state index contributed by atoms with van der Waals surface area (Å²) in [6.45, 7) is 1.89. The molecular formula is C27H22N4O5. The van der Waals surface area contributed by atoms with Crippen LogP contribution in [-0.2, 0) is 16.9 Å². The van der Waals surface area contributed by atoms with E-state index in [4.69, 9.17) is 4.74 Å². The normalized spacial score (nSPS) is 16.8. The summed E-state index contributed by atoms with van der Waals surface area (Å²) < 4.78 is 7.10. The van der Waals surface area contributed by atoms with E-state index in [0.29, 0.717) is 27.8 Å². The van der Waals surface area contributed by atoms with Crippen molar-refractivity contribution in [3.63, 3.8) is 0 Å². The largest absolute Gasteiger partial charge is 0.494 e. The third kappa shape index (κ3) is 3.95. The molecule has 1 aliphatic rings. The summed E-state index contributed by atoms with van der Waals surface area (Å²) >= 11 is 0. The number of hydrogen-bond donors (Lipinski definition) is 4. The van der Waals surface area contributed by atoms with Crippen LogP contribution < -0.4 is 20.9 Å². The highest BCUT2D eigenvalue weighted by atomic mass is 16.5. The van der Waals surface area contributed by atoms with Crippen molar-refractivity contribution in [1.82, 2.24) is 20.2 Å². The fraction of sp³-hybridized carbons (Fsp3) is 0.148. The molecule has 0 radical (unpaired) electrons. The van der Waals surface area contributed by atoms with E-state index >= 15 is 0 Å². The van der Waals surface area contributed by atoms with Gasteiger partial charge in [0.1, 0.15) is 12.4 Å². The maximum atomic E-state index is 13.1. The van der Waals surface area contributed by atoms with Crippen LogP contribution in [0.1, 0.15) is 12.5 Å². The Hall–Kier alpha value is -4.97. The van der Waals surface area contributed by atoms with Gasteiger partial charge in [-0.2, -0.15) is 0 Å². The Bertz CT molecular complexity index is 1610. The van der Waals surface area contributed by atoms with Crippen molar-refractivity contribution in [3.8, 4) is 34.6 Å². The smallest absolute Gasteiger partial charge is 0.322 e. The minimum absolute atomic E-state index is 0.0617. The maximum absolute atomic E-state index is 13.1. The fourth-order valence-electron chi connectivity index (χ4n) is 4.36. The van der Waals surface area contributed by atoms with Crippen LogP contribution in [0.3, 0.4) is 0 Å². The zero-order valence-electron chi connectivity index (χ0n) is 19.3. The Balaban J connectivity index is 1.52. The minimum atomic E-state index is -1.47. The van der Waals surface area contributed by atoms with Crippen molar-refractivity contribution in [2.75, 3.05) is 6.61 Å². The number of carbonyl (C=O) groups is 2. The molecule has 0 spiro atoms. The van der Waals surface area contributed by atoms with E-state index in [9.17, 15) is 19.5 Å². The Kier molecular flexibility index (Phi) is 5.70. The van der Waals surface area contributed by atoms with Gasteiger partial charge in [0, 0.05) is 28.7 Å². The lowest BCUT2D eigenvalue weighted by atomic mass is 9.88. The van der Waals surface area contributed by atoms with Crippen molar-refractivity contribution in [2.24, 2.45) is 0 Å². The van der Waals surface area contributed by atoms with E-state index in [2.05, 4.69) is 27.5 Å². The summed E-state index contributed by atoms with van der Waals surface area (Å²) in [5.74, 6) is 5.51. The van der Waals surface area contributed by atoms with Crippen LogP contribution in [0, 0.1) is 11.8 Å². The monoisotopic (exact) mass is 482 g/mol. The molecule has 180 valence electrons. The van der Waals surface area contributed by atoms with Gasteiger partial charge in [-0.1, -0.05) is 30.2 Å². The molecule has 4 aromatic rings. The number of benzene rings is 2. The molecule has 0 unspecified atom stereocenters. The van der Waals surface area contributed by atoms with Crippen LogP contribution in [0.25, 0.3) is 21.9 Å². The summed E-state index contributed by atoms with van der Waals surface area (Å²) in [7, 11) is 0. The Labute approximate surface area is 205 Å². The second-order valence-corrected chi connectivity index (χ2v) is 8.35. The molecule has 2 aromatic heterocycles. The second kappa shape index (κ2) is 9.00. The van der Waals surface area contributed by atoms with E-state index < -0.39 is 17.5 Å². The van der Waals surface area contributed by atoms with Gasteiger partial charge in [-0.05, 0) is 48.4 Å². The number of amides is 3. The first kappa shape index (κ1) is 22.8. The molecule has 4 N–H and O–H groups in total. The Morgan fingerprint density at radius 3 is 2.58 bits per heavy atom. The van der Waals surface area contributed by atoms with Crippen molar-refractivity contribution in [1.29, 1.82) is 0 Å². The summed E-state index contributed by atoms with van der Waals surface area (Å²) in [4.78, 5) is 40.1. The fourth-order valence-corrected chi connectivity index (χ4v) is 4.36. The predicted octanol–water partition coefficient (Wildman–Crippen LogP) is 2.84. The highest BCUT2D eigenvalue weighted by molar-refractivity contribution is 6.07. The van der Waals surface area contributed by atoms with Crippen LogP contribution in [-0.4, -0.2) is 33.2 Å². The van der Waals surface area contributed by atoms with E-state index in [-0.39, 0.29) is 24.6 Å². The lowest BCUT2D eigenvalue weighted by Gasteiger charge is -2.27. The average molecular weight is 482 g/mol. The third-order valence-electron chi connectivity index (χ3n) is 6.18. The van der Waals surface area contributed by atoms with Gasteiger partial charge in [-0.15, -0.1) is 5.92 Å². The van der Waals surface area contributed by atoms with Crippen molar-refractivity contribution in [2.45, 2.75) is 19.0 Å². The zero-order chi connectivity index (χ0) is 25.3. The molecule has 0 aliphatic carbocycles. The summed E-state index contributed by atoms with van der Waals surface area (Å²) in [6, 6.07) is 14.9. The number of carbonyl (C=O) groups excluding carboxylic acids is 2. The summed E-state index contributed by atoms with van der Waals surface area (Å²) in [6.07, 6.45) is 3.26. The number of urea groups is 1. The number of aromatic nitrogens is 2. The number of aromatic amines is 1. The topological polar surface area (TPSA) is 125 Å². The van der Waals surface area contributed by atoms with Crippen molar-refractivity contribution in [3.05, 3.63) is 82.9 Å². The molecule has 1 atom stereocenters. The molecule has 0 bridgehead atoms. The molecule has 2 aromatic carbocycles. The van der Waals surface area contributed by atoms with Gasteiger partial charge in [0.2, 0.25) is 0 Å². The van der Waals surface area contributed by atoms with Gasteiger partial charge in [-0.3, -0.25) is 14.9 Å². The SMILES string of the molecule is CC#CCOc1ccc2cn(C[C@@]3(c4ccc(-c5ccc[nH]c5=O)cc4)NC(=O)NC3=O)c(O)c2c1. The number of rotatable bonds is 6. The van der Waals surface area contributed by atoms with E-state index in [1.807, 2.05) is 0 Å². The third-order valence-corrected chi connectivity index (χ3v) is 6.18. The lowest BCUT2D eigenvalue weighted by Crippen LogP contribution is -2.47. The molecule has 36 heavy (non-hydrogen) atoms. The number of pyridine rings is 1. The molecular weight excluding hydrogens is 460 g/mol. The van der Waals surface area contributed by atoms with Crippen molar-refractivity contribution >= 4 is 22.7 Å². The number of ether oxygens (including phenoxy) is 1. The highest BCUT2D eigenvalue weighted by Crippen LogP contribution is 2.35. The molecule has 1 saturated heterocycles. The first-order chi connectivity index (χ1) is 17.4. The highest BCUT2D eigenvalue weighted by Gasteiger charge is 2.48. The molecule has 9 nitrogen and oxygen atoms in total. The van der Waals surface area contributed by atoms with Crippen LogP contribution >= 0.6 is 0 Å². The number of imide groups is 1. The molecule has 1 aliphatic heterocycles. The summed E-state index contributed by atoms with van der Waals surface area (Å²) in [5, 5.41) is 17.3. The van der Waals surface area contributed by atoms with Crippen LogP contribution in [0.2, 0.25) is 0 Å². The van der Waals surface area contributed by atoms with Gasteiger partial charge in [0.15, 0.2) is 11.4 Å². The van der Waals surface area contributed by atoms with Gasteiger partial charge < -0.3 is 24.7 Å². The van der Waals surface area contributed by atoms with E-state index in [0.717, 1.165) is 5.39 Å². The number of fused-ring (bicyclic) bond motifs is 1. The number of hydrogen-bond acceptors (Lipinski definition) is 5. The number of nitrogens with one attached hydrogen (secondary N) is 3. The van der Waals surface area contributed by atoms with E-state index in [1.165, 1.54) is 4.57 Å². The second-order valence-electron chi connectivity index (χ2n) is 8.35. The number of aromatic hydroxyl groups is 1. The number of nitrogens with zero attached hydrogens (tertiary/aromatic N) is 1. The van der Waals surface area contributed by atoms with Gasteiger partial charge in [0.05, 0.1) is 6.54 Å². The molecule has 3 heterocycles. The Morgan fingerprint density at radius 2 is 1.89 bits per heavy atom. The lowest BCUT2D eigenvalue weighted by molar-refractivity contribution is -0.124. The quantitative estimate of drug-likeness (QED) is 0.248. The molecule has 5 rings (SSSR count). The Morgan fingerprint density at radius 1 is 1.08 bits per heavy atom. The van der Waals surface area contributed by atoms with Gasteiger partial charge in [-0.25, -0.2) is 4.79 Å². The van der Waals surface area contributed by atoms with Crippen LogP contribution in [0.5, 0.6) is 11.6 Å². The van der Waals surface area contributed by atoms with Gasteiger partial charge >= 0.3 is 6.03 Å². The molecule has 1 fully saturated rings. The molecule has 3 amide bonds. The minimum Gasteiger partial charge on any atom is -0.494 e. The predicted molar refractivity (Wildman–Crippen MR) is 133 cm³/mol. The summed E-state index contributed by atoms with van der Waals surface area (Å²) in [5.41, 5.74) is -0.0610. The number of H-pyrrole nitrogens is 1. The van der Waals surface area contributed by atoms with E-state index in [1.54, 1.807) is 73.9 Å². The van der Waals surface area contributed by atoms with Crippen molar-refractivity contribution < 1.29 is 19.4 Å². The first-order valence-electron chi connectivity index (χ1n) is 11.2. The average Bonchev–Trinajstić information content (AvgIpc) is 3.34. The van der Waals surface area contributed by atoms with Crippen LogP contribution in [0.4, 0.5) is 4.79 Å².